The molecule has 112 valence electrons. The van der Waals surface area contributed by atoms with Crippen LogP contribution in [0.1, 0.15) is 77.0 Å². The first-order chi connectivity index (χ1) is 9.39. The lowest BCUT2D eigenvalue weighted by molar-refractivity contribution is -0.145. The zero-order valence-electron chi connectivity index (χ0n) is 12.3. The van der Waals surface area contributed by atoms with Crippen molar-refractivity contribution in [3.63, 3.8) is 0 Å². The SMILES string of the molecule is O=C1CCOCCCCCCCCCCCCCO1. The maximum atomic E-state index is 11.4. The topological polar surface area (TPSA) is 35.5 Å². The number of esters is 1. The van der Waals surface area contributed by atoms with Crippen LogP contribution in [0.3, 0.4) is 0 Å². The number of hydrogen-bond donors (Lipinski definition) is 0. The molecule has 0 radical (unpaired) electrons. The van der Waals surface area contributed by atoms with Crippen LogP contribution in [0, 0.1) is 0 Å². The molecule has 1 heterocycles. The minimum absolute atomic E-state index is 0.110. The van der Waals surface area contributed by atoms with Gasteiger partial charge in [-0.1, -0.05) is 57.8 Å². The highest BCUT2D eigenvalue weighted by atomic mass is 16.5. The first-order valence-electron chi connectivity index (χ1n) is 8.13. The summed E-state index contributed by atoms with van der Waals surface area (Å²) in [5.41, 5.74) is 0. The molecule has 0 N–H and O–H groups in total. The third kappa shape index (κ3) is 11.0. The molecule has 0 atom stereocenters. The van der Waals surface area contributed by atoms with Crippen molar-refractivity contribution in [2.45, 2.75) is 77.0 Å². The maximum Gasteiger partial charge on any atom is 0.308 e. The predicted octanol–water partition coefficient (Wildman–Crippen LogP) is 4.24. The number of hydrogen-bond acceptors (Lipinski definition) is 3. The fourth-order valence-electron chi connectivity index (χ4n) is 2.41. The van der Waals surface area contributed by atoms with E-state index in [1.54, 1.807) is 0 Å². The average Bonchev–Trinajstić information content (AvgIpc) is 2.41. The smallest absolute Gasteiger partial charge is 0.308 e. The molecular weight excluding hydrogens is 240 g/mol. The van der Waals surface area contributed by atoms with Crippen LogP contribution >= 0.6 is 0 Å². The Labute approximate surface area is 118 Å². The van der Waals surface area contributed by atoms with E-state index in [4.69, 9.17) is 9.47 Å². The standard InChI is InChI=1S/C16H30O3/c17-16-12-15-18-13-10-8-6-4-2-1-3-5-7-9-11-14-19-16/h1-15H2. The van der Waals surface area contributed by atoms with E-state index in [2.05, 4.69) is 0 Å². The van der Waals surface area contributed by atoms with Gasteiger partial charge in [0, 0.05) is 6.61 Å². The molecule has 0 spiro atoms. The summed E-state index contributed by atoms with van der Waals surface area (Å²) in [4.78, 5) is 11.4. The third-order valence-electron chi connectivity index (χ3n) is 3.65. The van der Waals surface area contributed by atoms with Crippen LogP contribution in [0.5, 0.6) is 0 Å². The maximum absolute atomic E-state index is 11.4. The van der Waals surface area contributed by atoms with Crippen molar-refractivity contribution in [2.75, 3.05) is 19.8 Å². The molecule has 0 aromatic rings. The van der Waals surface area contributed by atoms with Gasteiger partial charge in [-0.15, -0.1) is 0 Å². The van der Waals surface area contributed by atoms with Crippen LogP contribution in [0.4, 0.5) is 0 Å². The van der Waals surface area contributed by atoms with Crippen LogP contribution < -0.4 is 0 Å². The van der Waals surface area contributed by atoms with E-state index < -0.39 is 0 Å². The number of cyclic esters (lactones) is 1. The van der Waals surface area contributed by atoms with Gasteiger partial charge < -0.3 is 9.47 Å². The van der Waals surface area contributed by atoms with Crippen molar-refractivity contribution >= 4 is 5.97 Å². The van der Waals surface area contributed by atoms with E-state index in [1.807, 2.05) is 0 Å². The Morgan fingerprint density at radius 1 is 0.579 bits per heavy atom. The Morgan fingerprint density at radius 3 is 1.63 bits per heavy atom. The van der Waals surface area contributed by atoms with Crippen LogP contribution in [0.25, 0.3) is 0 Å². The molecular formula is C16H30O3. The molecule has 0 amide bonds. The van der Waals surface area contributed by atoms with Crippen LogP contribution in [-0.4, -0.2) is 25.8 Å². The summed E-state index contributed by atoms with van der Waals surface area (Å²) in [5, 5.41) is 0. The number of carbonyl (C=O) groups is 1. The second kappa shape index (κ2) is 12.5. The third-order valence-corrected chi connectivity index (χ3v) is 3.65. The molecule has 1 fully saturated rings. The van der Waals surface area contributed by atoms with Crippen LogP contribution in [0.2, 0.25) is 0 Å². The molecule has 19 heavy (non-hydrogen) atoms. The first kappa shape index (κ1) is 16.5. The van der Waals surface area contributed by atoms with Gasteiger partial charge in [-0.2, -0.15) is 0 Å². The van der Waals surface area contributed by atoms with E-state index in [0.717, 1.165) is 19.4 Å². The molecule has 1 rings (SSSR count). The summed E-state index contributed by atoms with van der Waals surface area (Å²) in [5.74, 6) is -0.110. The van der Waals surface area contributed by atoms with Gasteiger partial charge in [-0.25, -0.2) is 0 Å². The van der Waals surface area contributed by atoms with Gasteiger partial charge in [0.1, 0.15) is 0 Å². The number of ether oxygens (including phenoxy) is 2. The molecule has 0 aromatic carbocycles. The van der Waals surface area contributed by atoms with E-state index in [-0.39, 0.29) is 5.97 Å². The van der Waals surface area contributed by atoms with Crippen LogP contribution in [0.15, 0.2) is 0 Å². The monoisotopic (exact) mass is 270 g/mol. The highest BCUT2D eigenvalue weighted by Crippen LogP contribution is 2.11. The highest BCUT2D eigenvalue weighted by Gasteiger charge is 2.03. The second-order valence-corrected chi connectivity index (χ2v) is 5.47. The molecule has 0 aliphatic carbocycles. The summed E-state index contributed by atoms with van der Waals surface area (Å²) >= 11 is 0. The van der Waals surface area contributed by atoms with E-state index in [0.29, 0.717) is 19.6 Å². The molecule has 1 saturated heterocycles. The van der Waals surface area contributed by atoms with Gasteiger partial charge in [-0.3, -0.25) is 4.79 Å². The fourth-order valence-corrected chi connectivity index (χ4v) is 2.41. The number of carbonyl (C=O) groups excluding carboxylic acids is 1. The Hall–Kier alpha value is -0.570. The predicted molar refractivity (Wildman–Crippen MR) is 77.2 cm³/mol. The minimum Gasteiger partial charge on any atom is -0.466 e. The van der Waals surface area contributed by atoms with Gasteiger partial charge in [0.25, 0.3) is 0 Å². The van der Waals surface area contributed by atoms with Crippen molar-refractivity contribution < 1.29 is 14.3 Å². The zero-order valence-corrected chi connectivity index (χ0v) is 12.3. The van der Waals surface area contributed by atoms with Crippen molar-refractivity contribution in [3.8, 4) is 0 Å². The Kier molecular flexibility index (Phi) is 10.8. The minimum atomic E-state index is -0.110. The summed E-state index contributed by atoms with van der Waals surface area (Å²) in [7, 11) is 0. The molecule has 0 saturated carbocycles. The Balaban J connectivity index is 2.10. The van der Waals surface area contributed by atoms with Crippen molar-refractivity contribution in [2.24, 2.45) is 0 Å². The van der Waals surface area contributed by atoms with E-state index >= 15 is 0 Å². The molecule has 0 bridgehead atoms. The van der Waals surface area contributed by atoms with Gasteiger partial charge in [0.05, 0.1) is 19.6 Å². The van der Waals surface area contributed by atoms with Crippen molar-refractivity contribution in [1.82, 2.24) is 0 Å². The molecule has 0 unspecified atom stereocenters. The molecule has 0 aromatic heterocycles. The Morgan fingerprint density at radius 2 is 1.05 bits per heavy atom. The number of rotatable bonds is 0. The lowest BCUT2D eigenvalue weighted by Gasteiger charge is -2.07. The summed E-state index contributed by atoms with van der Waals surface area (Å²) in [6.45, 7) is 1.88. The Bertz CT molecular complexity index is 196. The van der Waals surface area contributed by atoms with Gasteiger partial charge in [0.15, 0.2) is 0 Å². The summed E-state index contributed by atoms with van der Waals surface area (Å²) in [6.07, 6.45) is 14.4. The van der Waals surface area contributed by atoms with Gasteiger partial charge in [0.2, 0.25) is 0 Å². The van der Waals surface area contributed by atoms with E-state index in [1.165, 1.54) is 57.8 Å². The zero-order chi connectivity index (χ0) is 13.6. The normalized spacial score (nSPS) is 23.1. The average molecular weight is 270 g/mol. The molecule has 1 aliphatic heterocycles. The van der Waals surface area contributed by atoms with Crippen LogP contribution in [-0.2, 0) is 14.3 Å². The van der Waals surface area contributed by atoms with Gasteiger partial charge >= 0.3 is 5.97 Å². The summed E-state index contributed by atoms with van der Waals surface area (Å²) in [6, 6.07) is 0. The van der Waals surface area contributed by atoms with Crippen molar-refractivity contribution in [3.05, 3.63) is 0 Å². The molecule has 1 aliphatic rings. The second-order valence-electron chi connectivity index (χ2n) is 5.47. The first-order valence-corrected chi connectivity index (χ1v) is 8.13. The summed E-state index contributed by atoms with van der Waals surface area (Å²) < 4.78 is 10.6. The molecule has 3 nitrogen and oxygen atoms in total. The van der Waals surface area contributed by atoms with Crippen molar-refractivity contribution in [1.29, 1.82) is 0 Å². The largest absolute Gasteiger partial charge is 0.466 e. The lowest BCUT2D eigenvalue weighted by Crippen LogP contribution is -2.10. The van der Waals surface area contributed by atoms with Gasteiger partial charge in [-0.05, 0) is 12.8 Å². The quantitative estimate of drug-likeness (QED) is 0.618. The fraction of sp³-hybridized carbons (Fsp3) is 0.938. The molecule has 3 heteroatoms. The lowest BCUT2D eigenvalue weighted by atomic mass is 10.1. The van der Waals surface area contributed by atoms with E-state index in [9.17, 15) is 4.79 Å². The highest BCUT2D eigenvalue weighted by molar-refractivity contribution is 5.69.